The van der Waals surface area contributed by atoms with Gasteiger partial charge in [-0.15, -0.1) is 0 Å². The van der Waals surface area contributed by atoms with Crippen LogP contribution in [0.4, 0.5) is 11.4 Å². The number of amides is 1. The summed E-state index contributed by atoms with van der Waals surface area (Å²) in [6.07, 6.45) is 0. The van der Waals surface area contributed by atoms with Crippen LogP contribution >= 0.6 is 0 Å². The molecule has 4 rings (SSSR count). The van der Waals surface area contributed by atoms with E-state index < -0.39 is 10.0 Å². The van der Waals surface area contributed by atoms with Crippen LogP contribution in [-0.4, -0.2) is 37.7 Å². The first-order valence-corrected chi connectivity index (χ1v) is 11.4. The van der Waals surface area contributed by atoms with Crippen molar-refractivity contribution in [3.05, 3.63) is 53.7 Å². The topological polar surface area (TPSA) is 124 Å². The molecule has 1 N–H and O–H groups in total. The molecule has 3 aromatic rings. The van der Waals surface area contributed by atoms with E-state index in [0.717, 1.165) is 0 Å². The van der Waals surface area contributed by atoms with Crippen LogP contribution in [0, 0.1) is 13.8 Å². The number of hydrogen-bond donors (Lipinski definition) is 1. The molecule has 0 saturated heterocycles. The minimum atomic E-state index is -3.90. The molecule has 2 aromatic carbocycles. The maximum absolute atomic E-state index is 13.0. The van der Waals surface area contributed by atoms with Crippen molar-refractivity contribution < 1.29 is 27.2 Å². The van der Waals surface area contributed by atoms with Gasteiger partial charge in [0, 0.05) is 18.7 Å². The number of benzene rings is 2. The number of aryl methyl sites for hydroxylation is 2. The summed E-state index contributed by atoms with van der Waals surface area (Å²) in [7, 11) is -3.90. The third-order valence-corrected chi connectivity index (χ3v) is 6.30. The van der Waals surface area contributed by atoms with Crippen LogP contribution in [0.5, 0.6) is 11.5 Å². The van der Waals surface area contributed by atoms with Gasteiger partial charge in [-0.25, -0.2) is 8.42 Å². The first-order valence-electron chi connectivity index (χ1n) is 9.89. The zero-order valence-corrected chi connectivity index (χ0v) is 18.6. The Balaban J connectivity index is 1.62. The fourth-order valence-electron chi connectivity index (χ4n) is 3.34. The number of ether oxygens (including phenoxy) is 2. The van der Waals surface area contributed by atoms with Crippen molar-refractivity contribution >= 4 is 27.3 Å². The molecule has 0 aliphatic carbocycles. The van der Waals surface area contributed by atoms with Gasteiger partial charge in [-0.2, -0.15) is 4.98 Å². The van der Waals surface area contributed by atoms with Crippen molar-refractivity contribution in [2.45, 2.75) is 32.2 Å². The molecule has 0 fully saturated rings. The first-order chi connectivity index (χ1) is 15.3. The van der Waals surface area contributed by atoms with Crippen LogP contribution in [0.25, 0.3) is 0 Å². The van der Waals surface area contributed by atoms with Gasteiger partial charge in [0.2, 0.25) is 5.89 Å². The second-order valence-corrected chi connectivity index (χ2v) is 8.80. The van der Waals surface area contributed by atoms with Crippen LogP contribution in [0.15, 0.2) is 45.8 Å². The third kappa shape index (κ3) is 4.37. The average molecular weight is 458 g/mol. The van der Waals surface area contributed by atoms with E-state index in [4.69, 9.17) is 14.0 Å². The summed E-state index contributed by atoms with van der Waals surface area (Å²) < 4.78 is 44.5. The van der Waals surface area contributed by atoms with Crippen molar-refractivity contribution in [3.8, 4) is 11.5 Å². The standard InChI is InChI=1S/C21H22N4O6S/c1-4-29-16-7-5-15(6-8-16)24-32(27,28)19-10-18-17(9-13(19)2)25(21(26)12-30-18)11-20-22-14(3)31-23-20/h5-10,24H,4,11-12H2,1-3H3. The number of fused-ring (bicyclic) bond motifs is 1. The second kappa shape index (κ2) is 8.50. The molecule has 168 valence electrons. The number of sulfonamides is 1. The van der Waals surface area contributed by atoms with Crippen LogP contribution < -0.4 is 19.1 Å². The number of carbonyl (C=O) groups is 1. The summed E-state index contributed by atoms with van der Waals surface area (Å²) in [5.41, 5.74) is 1.30. The maximum atomic E-state index is 13.0. The smallest absolute Gasteiger partial charge is 0.265 e. The molecule has 0 unspecified atom stereocenters. The van der Waals surface area contributed by atoms with Gasteiger partial charge in [0.15, 0.2) is 12.4 Å². The summed E-state index contributed by atoms with van der Waals surface area (Å²) in [5.74, 6) is 1.37. The van der Waals surface area contributed by atoms with E-state index in [1.165, 1.54) is 11.0 Å². The van der Waals surface area contributed by atoms with Gasteiger partial charge >= 0.3 is 0 Å². The van der Waals surface area contributed by atoms with Crippen molar-refractivity contribution in [2.75, 3.05) is 22.8 Å². The fraction of sp³-hybridized carbons (Fsp3) is 0.286. The van der Waals surface area contributed by atoms with E-state index in [1.54, 1.807) is 44.2 Å². The van der Waals surface area contributed by atoms with Crippen LogP contribution in [-0.2, 0) is 21.4 Å². The number of hydrogen-bond acceptors (Lipinski definition) is 8. The summed E-state index contributed by atoms with van der Waals surface area (Å²) in [6.45, 7) is 5.56. The molecule has 0 bridgehead atoms. The van der Waals surface area contributed by atoms with Crippen molar-refractivity contribution in [1.82, 2.24) is 10.1 Å². The Kier molecular flexibility index (Phi) is 5.74. The van der Waals surface area contributed by atoms with E-state index in [-0.39, 0.29) is 29.7 Å². The highest BCUT2D eigenvalue weighted by molar-refractivity contribution is 7.92. The van der Waals surface area contributed by atoms with Crippen LogP contribution in [0.3, 0.4) is 0 Å². The first kappa shape index (κ1) is 21.6. The highest BCUT2D eigenvalue weighted by Gasteiger charge is 2.30. The lowest BCUT2D eigenvalue weighted by atomic mass is 10.1. The Hall–Kier alpha value is -3.60. The highest BCUT2D eigenvalue weighted by Crippen LogP contribution is 2.37. The Bertz CT molecular complexity index is 1250. The van der Waals surface area contributed by atoms with Crippen molar-refractivity contribution in [2.24, 2.45) is 0 Å². The molecule has 1 aliphatic heterocycles. The summed E-state index contributed by atoms with van der Waals surface area (Å²) in [6, 6.07) is 9.65. The molecule has 11 heteroatoms. The summed E-state index contributed by atoms with van der Waals surface area (Å²) >= 11 is 0. The van der Waals surface area contributed by atoms with Gasteiger partial charge < -0.3 is 14.0 Å². The molecule has 0 saturated carbocycles. The predicted molar refractivity (Wildman–Crippen MR) is 115 cm³/mol. The lowest BCUT2D eigenvalue weighted by Gasteiger charge is -2.29. The molecular weight excluding hydrogens is 436 g/mol. The fourth-order valence-corrected chi connectivity index (χ4v) is 4.64. The van der Waals surface area contributed by atoms with Gasteiger partial charge in [-0.3, -0.25) is 14.4 Å². The van der Waals surface area contributed by atoms with E-state index >= 15 is 0 Å². The summed E-state index contributed by atoms with van der Waals surface area (Å²) in [5, 5.41) is 3.83. The van der Waals surface area contributed by atoms with Gasteiger partial charge in [0.05, 0.1) is 23.7 Å². The lowest BCUT2D eigenvalue weighted by Crippen LogP contribution is -2.38. The predicted octanol–water partition coefficient (Wildman–Crippen LogP) is 2.81. The molecule has 10 nitrogen and oxygen atoms in total. The number of rotatable bonds is 7. The molecule has 2 heterocycles. The minimum absolute atomic E-state index is 0.0508. The zero-order chi connectivity index (χ0) is 22.9. The Morgan fingerprint density at radius 2 is 1.94 bits per heavy atom. The molecule has 1 amide bonds. The normalized spacial score (nSPS) is 13.5. The molecular formula is C21H22N4O6S. The van der Waals surface area contributed by atoms with Gasteiger partial charge in [-0.1, -0.05) is 5.16 Å². The lowest BCUT2D eigenvalue weighted by molar-refractivity contribution is -0.121. The van der Waals surface area contributed by atoms with Gasteiger partial charge in [0.1, 0.15) is 11.5 Å². The quantitative estimate of drug-likeness (QED) is 0.573. The monoisotopic (exact) mass is 458 g/mol. The molecule has 0 atom stereocenters. The molecule has 0 radical (unpaired) electrons. The minimum Gasteiger partial charge on any atom is -0.494 e. The maximum Gasteiger partial charge on any atom is 0.265 e. The largest absolute Gasteiger partial charge is 0.494 e. The van der Waals surface area contributed by atoms with Crippen molar-refractivity contribution in [3.63, 3.8) is 0 Å². The second-order valence-electron chi connectivity index (χ2n) is 7.15. The average Bonchev–Trinajstić information content (AvgIpc) is 3.16. The Morgan fingerprint density at radius 1 is 1.19 bits per heavy atom. The van der Waals surface area contributed by atoms with E-state index in [9.17, 15) is 13.2 Å². The number of nitrogens with zero attached hydrogens (tertiary/aromatic N) is 3. The van der Waals surface area contributed by atoms with E-state index in [1.807, 2.05) is 6.92 Å². The number of nitrogens with one attached hydrogen (secondary N) is 1. The third-order valence-electron chi connectivity index (χ3n) is 4.78. The SMILES string of the molecule is CCOc1ccc(NS(=O)(=O)c2cc3c(cc2C)N(Cc2noc(C)n2)C(=O)CO3)cc1. The van der Waals surface area contributed by atoms with Crippen LogP contribution in [0.2, 0.25) is 0 Å². The number of aromatic nitrogens is 2. The number of carbonyl (C=O) groups excluding carboxylic acids is 1. The molecule has 0 spiro atoms. The molecule has 1 aromatic heterocycles. The molecule has 1 aliphatic rings. The Morgan fingerprint density at radius 3 is 2.59 bits per heavy atom. The zero-order valence-electron chi connectivity index (χ0n) is 17.8. The Labute approximate surface area is 185 Å². The van der Waals surface area contributed by atoms with E-state index in [2.05, 4.69) is 14.9 Å². The summed E-state index contributed by atoms with van der Waals surface area (Å²) in [4.78, 5) is 18.1. The van der Waals surface area contributed by atoms with Gasteiger partial charge in [0.25, 0.3) is 15.9 Å². The van der Waals surface area contributed by atoms with E-state index in [0.29, 0.717) is 41.0 Å². The van der Waals surface area contributed by atoms with Crippen LogP contribution in [0.1, 0.15) is 24.2 Å². The number of anilines is 2. The van der Waals surface area contributed by atoms with Gasteiger partial charge in [-0.05, 0) is 49.7 Å². The molecule has 32 heavy (non-hydrogen) atoms. The van der Waals surface area contributed by atoms with Crippen molar-refractivity contribution in [1.29, 1.82) is 0 Å². The highest BCUT2D eigenvalue weighted by atomic mass is 32.2.